The van der Waals surface area contributed by atoms with Crippen LogP contribution in [0.5, 0.6) is 5.88 Å². The van der Waals surface area contributed by atoms with Crippen LogP contribution in [0, 0.1) is 5.92 Å². The second-order valence-electron chi connectivity index (χ2n) is 9.75. The zero-order valence-electron chi connectivity index (χ0n) is 20.7. The second-order valence-corrected chi connectivity index (χ2v) is 10.2. The van der Waals surface area contributed by atoms with Crippen molar-refractivity contribution in [2.75, 3.05) is 5.73 Å². The summed E-state index contributed by atoms with van der Waals surface area (Å²) in [5.41, 5.74) is 13.9. The number of allylic oxidation sites excluding steroid dienone is 4. The van der Waals surface area contributed by atoms with E-state index in [2.05, 4.69) is 9.97 Å². The molecule has 2 aromatic rings. The van der Waals surface area contributed by atoms with E-state index in [-0.39, 0.29) is 23.3 Å². The van der Waals surface area contributed by atoms with E-state index in [4.69, 9.17) is 32.9 Å². The number of aliphatic carboxylic acids is 1. The van der Waals surface area contributed by atoms with Gasteiger partial charge >= 0.3 is 12.1 Å². The number of carboxylic acid groups (broad SMARTS) is 1. The van der Waals surface area contributed by atoms with Gasteiger partial charge in [-0.1, -0.05) is 29.8 Å². The average Bonchev–Trinajstić information content (AvgIpc) is 2.87. The molecule has 0 saturated carbocycles. The first-order valence-electron chi connectivity index (χ1n) is 12.6. The van der Waals surface area contributed by atoms with Crippen molar-refractivity contribution in [3.8, 4) is 5.88 Å². The molecule has 3 unspecified atom stereocenters. The molecule has 1 aromatic heterocycles. The molecule has 7 nitrogen and oxygen atoms in total. The molecule has 0 amide bonds. The Morgan fingerprint density at radius 1 is 1.16 bits per heavy atom. The maximum atomic E-state index is 14.4. The lowest BCUT2D eigenvalue weighted by molar-refractivity contribution is -0.198. The predicted octanol–water partition coefficient (Wildman–Crippen LogP) is 6.34. The molecule has 0 fully saturated rings. The quantitative estimate of drug-likeness (QED) is 0.350. The van der Waals surface area contributed by atoms with Crippen LogP contribution >= 0.6 is 11.6 Å². The molecule has 0 saturated heterocycles. The molecule has 204 valence electrons. The topological polar surface area (TPSA) is 124 Å². The number of benzene rings is 1. The molecule has 5 N–H and O–H groups in total. The standard InChI is InChI=1S/C27H30ClF3N4O3/c28-18-10-11-19(20(13-18)16-4-2-1-3-5-16)24(27(29,30)31)38-23-14-22(34-26(33)35-23)17-8-6-15(7-9-17)12-21(32)25(36)37/h4,8,10-11,13-15,21,24H,1-3,5-7,9,12,32H2,(H,36,37)(H2,33,34,35). The third kappa shape index (κ3) is 6.85. The van der Waals surface area contributed by atoms with E-state index in [0.29, 0.717) is 48.4 Å². The summed E-state index contributed by atoms with van der Waals surface area (Å²) in [7, 11) is 0. The zero-order valence-corrected chi connectivity index (χ0v) is 21.4. The van der Waals surface area contributed by atoms with E-state index in [1.54, 1.807) is 6.07 Å². The minimum atomic E-state index is -4.74. The number of hydrogen-bond donors (Lipinski definition) is 3. The van der Waals surface area contributed by atoms with Crippen molar-refractivity contribution in [2.24, 2.45) is 11.7 Å². The number of aromatic nitrogens is 2. The Morgan fingerprint density at radius 3 is 2.58 bits per heavy atom. The maximum Gasteiger partial charge on any atom is 0.429 e. The van der Waals surface area contributed by atoms with Crippen molar-refractivity contribution in [3.05, 3.63) is 58.3 Å². The molecule has 11 heteroatoms. The fourth-order valence-electron chi connectivity index (χ4n) is 5.01. The lowest BCUT2D eigenvalue weighted by Crippen LogP contribution is -2.32. The number of nitrogen functional groups attached to an aromatic ring is 1. The Morgan fingerprint density at radius 2 is 1.95 bits per heavy atom. The highest BCUT2D eigenvalue weighted by atomic mass is 35.5. The lowest BCUT2D eigenvalue weighted by Gasteiger charge is -2.26. The molecule has 1 aromatic carbocycles. The van der Waals surface area contributed by atoms with E-state index in [9.17, 15) is 18.0 Å². The summed E-state index contributed by atoms with van der Waals surface area (Å²) in [6.07, 6.45) is 2.28. The highest BCUT2D eigenvalue weighted by Crippen LogP contribution is 2.42. The fourth-order valence-corrected chi connectivity index (χ4v) is 5.18. The number of ether oxygens (including phenoxy) is 1. The van der Waals surface area contributed by atoms with Crippen LogP contribution in [0.3, 0.4) is 0 Å². The van der Waals surface area contributed by atoms with Gasteiger partial charge in [0.2, 0.25) is 17.9 Å². The number of rotatable bonds is 8. The van der Waals surface area contributed by atoms with Gasteiger partial charge in [0.25, 0.3) is 0 Å². The molecule has 2 aliphatic rings. The van der Waals surface area contributed by atoms with Gasteiger partial charge in [-0.3, -0.25) is 4.79 Å². The molecular weight excluding hydrogens is 521 g/mol. The number of halogens is 4. The molecule has 0 radical (unpaired) electrons. The van der Waals surface area contributed by atoms with E-state index in [1.165, 1.54) is 18.2 Å². The van der Waals surface area contributed by atoms with Gasteiger partial charge in [0.05, 0.1) is 5.69 Å². The molecule has 0 bridgehead atoms. The summed E-state index contributed by atoms with van der Waals surface area (Å²) >= 11 is 6.17. The van der Waals surface area contributed by atoms with Crippen molar-refractivity contribution in [2.45, 2.75) is 69.7 Å². The molecule has 2 aliphatic carbocycles. The summed E-state index contributed by atoms with van der Waals surface area (Å²) < 4.78 is 48.7. The van der Waals surface area contributed by atoms with Crippen molar-refractivity contribution in [1.82, 2.24) is 9.97 Å². The maximum absolute atomic E-state index is 14.4. The average molecular weight is 551 g/mol. The monoisotopic (exact) mass is 550 g/mol. The van der Waals surface area contributed by atoms with Crippen LogP contribution in [-0.2, 0) is 4.79 Å². The third-order valence-electron chi connectivity index (χ3n) is 6.94. The van der Waals surface area contributed by atoms with Gasteiger partial charge in [0, 0.05) is 16.7 Å². The number of carboxylic acids is 1. The molecule has 38 heavy (non-hydrogen) atoms. The Labute approximate surface area is 223 Å². The summed E-state index contributed by atoms with van der Waals surface area (Å²) in [6.45, 7) is 0. The van der Waals surface area contributed by atoms with Gasteiger partial charge in [-0.25, -0.2) is 4.98 Å². The van der Waals surface area contributed by atoms with Crippen LogP contribution in [0.15, 0.2) is 36.4 Å². The summed E-state index contributed by atoms with van der Waals surface area (Å²) in [5.74, 6) is -1.45. The van der Waals surface area contributed by atoms with E-state index in [1.807, 2.05) is 12.2 Å². The molecular formula is C27H30ClF3N4O3. The Kier molecular flexibility index (Phi) is 8.62. The molecule has 1 heterocycles. The van der Waals surface area contributed by atoms with Gasteiger partial charge in [-0.15, -0.1) is 0 Å². The van der Waals surface area contributed by atoms with Crippen LogP contribution in [0.4, 0.5) is 19.1 Å². The minimum absolute atomic E-state index is 0.0386. The van der Waals surface area contributed by atoms with Crippen LogP contribution in [-0.4, -0.2) is 33.3 Å². The number of carbonyl (C=O) groups is 1. The van der Waals surface area contributed by atoms with Crippen molar-refractivity contribution in [3.63, 3.8) is 0 Å². The zero-order chi connectivity index (χ0) is 27.4. The fraction of sp³-hybridized carbons (Fsp3) is 0.444. The SMILES string of the molecule is Nc1nc(OC(c2ccc(Cl)cc2C2=CCCCC2)C(F)(F)F)cc(C2=CCC(CC(N)C(=O)O)CC2)n1. The molecule has 0 spiro atoms. The smallest absolute Gasteiger partial charge is 0.429 e. The van der Waals surface area contributed by atoms with Gasteiger partial charge in [-0.05, 0) is 86.1 Å². The summed E-state index contributed by atoms with van der Waals surface area (Å²) in [6, 6.07) is 4.74. The Balaban J connectivity index is 1.62. The first-order valence-corrected chi connectivity index (χ1v) is 12.9. The van der Waals surface area contributed by atoms with Crippen LogP contribution in [0.1, 0.15) is 74.3 Å². The predicted molar refractivity (Wildman–Crippen MR) is 139 cm³/mol. The van der Waals surface area contributed by atoms with E-state index in [0.717, 1.165) is 30.4 Å². The van der Waals surface area contributed by atoms with E-state index < -0.39 is 24.3 Å². The first kappa shape index (κ1) is 27.9. The highest BCUT2D eigenvalue weighted by Gasteiger charge is 2.45. The van der Waals surface area contributed by atoms with Gasteiger partial charge < -0.3 is 21.3 Å². The molecule has 4 rings (SSSR count). The summed E-state index contributed by atoms with van der Waals surface area (Å²) in [5, 5.41) is 9.39. The number of nitrogens with zero attached hydrogens (tertiary/aromatic N) is 2. The number of anilines is 1. The highest BCUT2D eigenvalue weighted by molar-refractivity contribution is 6.30. The van der Waals surface area contributed by atoms with Crippen LogP contribution in [0.25, 0.3) is 11.1 Å². The van der Waals surface area contributed by atoms with Crippen LogP contribution in [0.2, 0.25) is 5.02 Å². The molecule has 3 atom stereocenters. The van der Waals surface area contributed by atoms with Crippen molar-refractivity contribution >= 4 is 34.7 Å². The minimum Gasteiger partial charge on any atom is -0.480 e. The largest absolute Gasteiger partial charge is 0.480 e. The Hall–Kier alpha value is -3.11. The number of nitrogens with two attached hydrogens (primary N) is 2. The Bertz CT molecular complexity index is 1250. The van der Waals surface area contributed by atoms with Gasteiger partial charge in [-0.2, -0.15) is 18.2 Å². The third-order valence-corrected chi connectivity index (χ3v) is 7.18. The number of alkyl halides is 3. The molecule has 0 aliphatic heterocycles. The number of hydrogen-bond acceptors (Lipinski definition) is 6. The summed E-state index contributed by atoms with van der Waals surface area (Å²) in [4.78, 5) is 19.2. The van der Waals surface area contributed by atoms with Crippen molar-refractivity contribution < 1.29 is 27.8 Å². The normalized spacial score (nSPS) is 19.8. The van der Waals surface area contributed by atoms with Gasteiger partial charge in [0.1, 0.15) is 6.04 Å². The first-order chi connectivity index (χ1) is 18.0. The van der Waals surface area contributed by atoms with Crippen molar-refractivity contribution in [1.29, 1.82) is 0 Å². The van der Waals surface area contributed by atoms with Crippen LogP contribution < -0.4 is 16.2 Å². The lowest BCUT2D eigenvalue weighted by atomic mass is 9.84. The second kappa shape index (κ2) is 11.7. The van der Waals surface area contributed by atoms with Gasteiger partial charge in [0.15, 0.2) is 0 Å². The van der Waals surface area contributed by atoms with E-state index >= 15 is 0 Å².